The molecule has 2 unspecified atom stereocenters. The fourth-order valence-electron chi connectivity index (χ4n) is 3.74. The summed E-state index contributed by atoms with van der Waals surface area (Å²) >= 11 is 6.62. The second-order valence-electron chi connectivity index (χ2n) is 6.84. The van der Waals surface area contributed by atoms with Gasteiger partial charge in [0, 0.05) is 31.9 Å². The highest BCUT2D eigenvalue weighted by Gasteiger charge is 2.54. The van der Waals surface area contributed by atoms with Gasteiger partial charge in [0.1, 0.15) is 11.5 Å². The molecule has 2 fully saturated rings. The first-order valence-electron chi connectivity index (χ1n) is 8.92. The number of nitrogens with one attached hydrogen (secondary N) is 1. The fraction of sp³-hybridized carbons (Fsp3) is 0.444. The minimum Gasteiger partial charge on any atom is -0.421 e. The van der Waals surface area contributed by atoms with Gasteiger partial charge in [-0.05, 0) is 25.0 Å². The Labute approximate surface area is 162 Å². The lowest BCUT2D eigenvalue weighted by molar-refractivity contribution is 0.419. The number of fused-ring (bicyclic) bond motifs is 2. The molecule has 142 valence electrons. The molecule has 0 bridgehead atoms. The van der Waals surface area contributed by atoms with E-state index in [9.17, 15) is 0 Å². The second-order valence-corrected chi connectivity index (χ2v) is 7.22. The number of nitrogens with zero attached hydrogens (tertiary/aromatic N) is 5. The summed E-state index contributed by atoms with van der Waals surface area (Å²) in [6.07, 6.45) is 3.77. The highest BCUT2D eigenvalue weighted by Crippen LogP contribution is 2.47. The van der Waals surface area contributed by atoms with Crippen LogP contribution in [0.1, 0.15) is 12.6 Å². The van der Waals surface area contributed by atoms with Crippen LogP contribution in [0.3, 0.4) is 0 Å². The van der Waals surface area contributed by atoms with E-state index in [0.717, 1.165) is 36.4 Å². The van der Waals surface area contributed by atoms with Crippen LogP contribution in [-0.4, -0.2) is 54.1 Å². The molecule has 2 aromatic rings. The molecule has 9 heteroatoms. The number of H-pyrrole nitrogens is 1. The van der Waals surface area contributed by atoms with Crippen LogP contribution in [0.5, 0.6) is 6.01 Å². The quantitative estimate of drug-likeness (QED) is 0.584. The Morgan fingerprint density at radius 1 is 1.44 bits per heavy atom. The molecule has 0 amide bonds. The van der Waals surface area contributed by atoms with Crippen LogP contribution < -0.4 is 15.4 Å². The van der Waals surface area contributed by atoms with Crippen molar-refractivity contribution in [1.82, 2.24) is 15.0 Å². The molecular formula is C18H22ClN7O. The number of aliphatic imine (C=N–C) groups is 2. The van der Waals surface area contributed by atoms with Crippen molar-refractivity contribution in [3.63, 3.8) is 0 Å². The maximum absolute atomic E-state index is 6.62. The Hall–Kier alpha value is -2.45. The molecule has 3 heterocycles. The average Bonchev–Trinajstić information content (AvgIpc) is 3.01. The average molecular weight is 388 g/mol. The molecule has 8 nitrogen and oxygen atoms in total. The molecule has 2 aliphatic rings. The van der Waals surface area contributed by atoms with Gasteiger partial charge in [-0.3, -0.25) is 9.98 Å². The van der Waals surface area contributed by atoms with E-state index < -0.39 is 0 Å². The van der Waals surface area contributed by atoms with E-state index >= 15 is 0 Å². The molecule has 2 atom stereocenters. The summed E-state index contributed by atoms with van der Waals surface area (Å²) in [7, 11) is 1.65. The van der Waals surface area contributed by atoms with Crippen molar-refractivity contribution in [2.24, 2.45) is 27.6 Å². The van der Waals surface area contributed by atoms with Crippen molar-refractivity contribution in [3.8, 4) is 6.01 Å². The normalized spacial score (nSPS) is 24.7. The van der Waals surface area contributed by atoms with Crippen molar-refractivity contribution >= 4 is 41.4 Å². The van der Waals surface area contributed by atoms with Crippen LogP contribution in [0.15, 0.2) is 21.9 Å². The van der Waals surface area contributed by atoms with Crippen LogP contribution >= 0.6 is 11.6 Å². The number of hydrogen-bond acceptors (Lipinski definition) is 7. The van der Waals surface area contributed by atoms with Crippen molar-refractivity contribution < 1.29 is 4.74 Å². The van der Waals surface area contributed by atoms with Gasteiger partial charge in [0.25, 0.3) is 0 Å². The predicted molar refractivity (Wildman–Crippen MR) is 108 cm³/mol. The highest BCUT2D eigenvalue weighted by atomic mass is 35.5. The monoisotopic (exact) mass is 387 g/mol. The fourth-order valence-corrected chi connectivity index (χ4v) is 4.10. The number of ether oxygens (including phenoxy) is 1. The lowest BCUT2D eigenvalue weighted by Gasteiger charge is -2.21. The summed E-state index contributed by atoms with van der Waals surface area (Å²) < 4.78 is 5.79. The largest absolute Gasteiger partial charge is 0.421 e. The molecule has 1 aliphatic heterocycles. The summed E-state index contributed by atoms with van der Waals surface area (Å²) in [5.41, 5.74) is 7.67. The number of hydrogen-bond donors (Lipinski definition) is 2. The third kappa shape index (κ3) is 3.08. The first kappa shape index (κ1) is 17.9. The standard InChI is InChI=1S/C18H22ClN7O/c1-4-12-14(19)13-16(23-12)24-18(27-9(5-21-2)6-22-3)25-17(13)26-7-10-11(8-26)15(10)20/h5-6,10-11,15H,2,4,7-8,20H2,1,3H3,(H,23,24,25)/b9-5+,22-6-. The highest BCUT2D eigenvalue weighted by molar-refractivity contribution is 6.37. The van der Waals surface area contributed by atoms with Crippen molar-refractivity contribution in [2.45, 2.75) is 19.4 Å². The minimum absolute atomic E-state index is 0.206. The van der Waals surface area contributed by atoms with Gasteiger partial charge in [0.15, 0.2) is 5.76 Å². The summed E-state index contributed by atoms with van der Waals surface area (Å²) in [4.78, 5) is 22.3. The molecule has 2 aromatic heterocycles. The van der Waals surface area contributed by atoms with E-state index in [4.69, 9.17) is 22.1 Å². The van der Waals surface area contributed by atoms with E-state index in [1.54, 1.807) is 7.05 Å². The van der Waals surface area contributed by atoms with E-state index in [2.05, 4.69) is 36.6 Å². The number of halogens is 1. The van der Waals surface area contributed by atoms with Gasteiger partial charge >= 0.3 is 6.01 Å². The van der Waals surface area contributed by atoms with Gasteiger partial charge in [0.05, 0.1) is 22.8 Å². The predicted octanol–water partition coefficient (Wildman–Crippen LogP) is 2.19. The second kappa shape index (κ2) is 6.94. The zero-order valence-electron chi connectivity index (χ0n) is 15.3. The maximum Gasteiger partial charge on any atom is 0.326 e. The molecule has 1 aliphatic carbocycles. The number of piperidine rings is 1. The van der Waals surface area contributed by atoms with Gasteiger partial charge in [0.2, 0.25) is 0 Å². The summed E-state index contributed by atoms with van der Waals surface area (Å²) in [6.45, 7) is 7.23. The third-order valence-electron chi connectivity index (χ3n) is 5.22. The number of aromatic amines is 1. The zero-order chi connectivity index (χ0) is 19.1. The van der Waals surface area contributed by atoms with Crippen LogP contribution in [0, 0.1) is 11.8 Å². The molecule has 1 saturated carbocycles. The van der Waals surface area contributed by atoms with Crippen LogP contribution in [0.2, 0.25) is 5.02 Å². The SMILES string of the molecule is C=N/C=C(\C=N/C)Oc1nc(N2CC3C(N)C3C2)c2c(Cl)c(CC)[nH]c2n1. The molecule has 0 radical (unpaired) electrons. The Balaban J connectivity index is 1.77. The lowest BCUT2D eigenvalue weighted by Crippen LogP contribution is -2.29. The van der Waals surface area contributed by atoms with E-state index in [0.29, 0.717) is 34.3 Å². The van der Waals surface area contributed by atoms with E-state index in [1.165, 1.54) is 12.4 Å². The van der Waals surface area contributed by atoms with Gasteiger partial charge in [-0.15, -0.1) is 0 Å². The van der Waals surface area contributed by atoms with E-state index in [1.807, 2.05) is 6.92 Å². The van der Waals surface area contributed by atoms with Gasteiger partial charge in [-0.2, -0.15) is 9.97 Å². The molecule has 4 rings (SSSR count). The number of aryl methyl sites for hydroxylation is 1. The first-order valence-corrected chi connectivity index (χ1v) is 9.29. The Bertz CT molecular complexity index is 939. The summed E-state index contributed by atoms with van der Waals surface area (Å²) in [6, 6.07) is 0.508. The van der Waals surface area contributed by atoms with Crippen LogP contribution in [0.4, 0.5) is 5.82 Å². The lowest BCUT2D eigenvalue weighted by atomic mass is 10.2. The Kier molecular flexibility index (Phi) is 4.61. The van der Waals surface area contributed by atoms with Crippen LogP contribution in [-0.2, 0) is 6.42 Å². The van der Waals surface area contributed by atoms with Gasteiger partial charge < -0.3 is 20.4 Å². The molecular weight excluding hydrogens is 366 g/mol. The van der Waals surface area contributed by atoms with Gasteiger partial charge in [-0.25, -0.2) is 0 Å². The van der Waals surface area contributed by atoms with Crippen molar-refractivity contribution in [1.29, 1.82) is 0 Å². The van der Waals surface area contributed by atoms with Crippen molar-refractivity contribution in [2.75, 3.05) is 25.0 Å². The topological polar surface area (TPSA) is 105 Å². The Morgan fingerprint density at radius 3 is 2.81 bits per heavy atom. The number of allylic oxidation sites excluding steroid dienone is 1. The first-order chi connectivity index (χ1) is 13.1. The van der Waals surface area contributed by atoms with Crippen LogP contribution in [0.25, 0.3) is 11.0 Å². The molecule has 27 heavy (non-hydrogen) atoms. The number of aromatic nitrogens is 3. The van der Waals surface area contributed by atoms with Gasteiger partial charge in [-0.1, -0.05) is 18.5 Å². The minimum atomic E-state index is 0.206. The molecule has 1 saturated heterocycles. The Morgan fingerprint density at radius 2 is 2.19 bits per heavy atom. The zero-order valence-corrected chi connectivity index (χ0v) is 16.1. The molecule has 0 aromatic carbocycles. The smallest absolute Gasteiger partial charge is 0.326 e. The summed E-state index contributed by atoms with van der Waals surface area (Å²) in [5.74, 6) is 2.22. The van der Waals surface area contributed by atoms with Crippen molar-refractivity contribution in [3.05, 3.63) is 22.7 Å². The van der Waals surface area contributed by atoms with E-state index in [-0.39, 0.29) is 6.01 Å². The third-order valence-corrected chi connectivity index (χ3v) is 5.64. The number of nitrogens with two attached hydrogens (primary N) is 1. The molecule has 3 N–H and O–H groups in total. The molecule has 0 spiro atoms. The number of anilines is 1. The summed E-state index contributed by atoms with van der Waals surface area (Å²) in [5, 5.41) is 1.49. The number of rotatable bonds is 6. The maximum atomic E-state index is 6.62.